The topological polar surface area (TPSA) is 87.5 Å². The second kappa shape index (κ2) is 9.17. The summed E-state index contributed by atoms with van der Waals surface area (Å²) in [6.45, 7) is 1.88. The first kappa shape index (κ1) is 20.3. The molecule has 0 bridgehead atoms. The van der Waals surface area contributed by atoms with Crippen molar-refractivity contribution in [3.63, 3.8) is 0 Å². The van der Waals surface area contributed by atoms with Gasteiger partial charge in [0, 0.05) is 29.5 Å². The van der Waals surface area contributed by atoms with Gasteiger partial charge in [-0.2, -0.15) is 0 Å². The number of amides is 2. The Morgan fingerprint density at radius 1 is 1.00 bits per heavy atom. The zero-order chi connectivity index (χ0) is 20.1. The molecular formula is C20H22Cl2N4O2. The van der Waals surface area contributed by atoms with Crippen LogP contribution in [0.3, 0.4) is 0 Å². The van der Waals surface area contributed by atoms with Crippen LogP contribution in [0.15, 0.2) is 36.4 Å². The van der Waals surface area contributed by atoms with Crippen molar-refractivity contribution in [2.75, 3.05) is 35.2 Å². The summed E-state index contributed by atoms with van der Waals surface area (Å²) >= 11 is 12.0. The van der Waals surface area contributed by atoms with E-state index in [1.807, 2.05) is 6.07 Å². The molecule has 3 rings (SSSR count). The number of hydrogen-bond acceptors (Lipinski definition) is 4. The lowest BCUT2D eigenvalue weighted by atomic mass is 10.1. The minimum atomic E-state index is -0.542. The number of hydrogen-bond donors (Lipinski definition) is 3. The van der Waals surface area contributed by atoms with Gasteiger partial charge < -0.3 is 21.3 Å². The summed E-state index contributed by atoms with van der Waals surface area (Å²) in [5.74, 6) is -0.862. The maximum Gasteiger partial charge on any atom is 0.250 e. The number of carbonyl (C=O) groups is 2. The van der Waals surface area contributed by atoms with E-state index in [0.29, 0.717) is 27.0 Å². The third-order valence-electron chi connectivity index (χ3n) is 4.63. The number of nitrogens with zero attached hydrogens (tertiary/aromatic N) is 1. The van der Waals surface area contributed by atoms with E-state index < -0.39 is 5.91 Å². The van der Waals surface area contributed by atoms with Crippen LogP contribution in [0.4, 0.5) is 17.1 Å². The standard InChI is InChI=1S/C20H22Cl2N4O2/c21-13-4-6-16(22)18(10-13)25-19(27)12-24-17-7-5-14(11-15(17)20(23)28)26-8-2-1-3-9-26/h4-7,10-11,24H,1-3,8-9,12H2,(H2,23,28)(H,25,27). The van der Waals surface area contributed by atoms with Crippen LogP contribution in [0, 0.1) is 0 Å². The minimum absolute atomic E-state index is 0.0494. The van der Waals surface area contributed by atoms with Crippen LogP contribution in [-0.4, -0.2) is 31.4 Å². The zero-order valence-corrected chi connectivity index (χ0v) is 16.8. The first-order valence-corrected chi connectivity index (χ1v) is 9.87. The van der Waals surface area contributed by atoms with Gasteiger partial charge in [-0.15, -0.1) is 0 Å². The van der Waals surface area contributed by atoms with Crippen molar-refractivity contribution in [2.24, 2.45) is 5.73 Å². The van der Waals surface area contributed by atoms with Gasteiger partial charge in [-0.1, -0.05) is 23.2 Å². The van der Waals surface area contributed by atoms with E-state index >= 15 is 0 Å². The molecule has 28 heavy (non-hydrogen) atoms. The van der Waals surface area contributed by atoms with Gasteiger partial charge in [0.05, 0.1) is 22.8 Å². The van der Waals surface area contributed by atoms with E-state index in [0.717, 1.165) is 31.6 Å². The van der Waals surface area contributed by atoms with E-state index in [1.54, 1.807) is 30.3 Å². The Balaban J connectivity index is 1.68. The molecule has 0 aliphatic carbocycles. The predicted molar refractivity (Wildman–Crippen MR) is 115 cm³/mol. The van der Waals surface area contributed by atoms with Crippen LogP contribution in [-0.2, 0) is 4.79 Å². The third kappa shape index (κ3) is 5.09. The average Bonchev–Trinajstić information content (AvgIpc) is 2.69. The van der Waals surface area contributed by atoms with Gasteiger partial charge in [0.25, 0.3) is 5.91 Å². The van der Waals surface area contributed by atoms with Gasteiger partial charge in [-0.3, -0.25) is 9.59 Å². The van der Waals surface area contributed by atoms with E-state index in [2.05, 4.69) is 15.5 Å². The molecule has 1 fully saturated rings. The molecule has 1 heterocycles. The van der Waals surface area contributed by atoms with Crippen LogP contribution >= 0.6 is 23.2 Å². The number of carbonyl (C=O) groups excluding carboxylic acids is 2. The number of nitrogens with one attached hydrogen (secondary N) is 2. The molecule has 1 saturated heterocycles. The number of halogens is 2. The van der Waals surface area contributed by atoms with Crippen molar-refractivity contribution in [1.82, 2.24) is 0 Å². The quantitative estimate of drug-likeness (QED) is 0.655. The number of benzene rings is 2. The zero-order valence-electron chi connectivity index (χ0n) is 15.3. The monoisotopic (exact) mass is 420 g/mol. The van der Waals surface area contributed by atoms with Gasteiger partial charge in [-0.05, 0) is 55.7 Å². The summed E-state index contributed by atoms with van der Waals surface area (Å²) in [4.78, 5) is 26.4. The highest BCUT2D eigenvalue weighted by molar-refractivity contribution is 6.35. The molecule has 1 aliphatic heterocycles. The molecule has 0 radical (unpaired) electrons. The van der Waals surface area contributed by atoms with Gasteiger partial charge in [0.1, 0.15) is 0 Å². The third-order valence-corrected chi connectivity index (χ3v) is 5.20. The maximum absolute atomic E-state index is 12.2. The molecule has 2 amide bonds. The van der Waals surface area contributed by atoms with Crippen molar-refractivity contribution in [3.8, 4) is 0 Å². The normalized spacial score (nSPS) is 13.9. The summed E-state index contributed by atoms with van der Waals surface area (Å²) in [5, 5.41) is 6.52. The van der Waals surface area contributed by atoms with Gasteiger partial charge >= 0.3 is 0 Å². The summed E-state index contributed by atoms with van der Waals surface area (Å²) in [6, 6.07) is 10.3. The van der Waals surface area contributed by atoms with Crippen molar-refractivity contribution in [1.29, 1.82) is 0 Å². The lowest BCUT2D eigenvalue weighted by Crippen LogP contribution is -2.30. The van der Waals surface area contributed by atoms with Gasteiger partial charge in [0.15, 0.2) is 0 Å². The molecule has 2 aromatic carbocycles. The van der Waals surface area contributed by atoms with Crippen LogP contribution in [0.2, 0.25) is 10.0 Å². The number of primary amides is 1. The summed E-state index contributed by atoms with van der Waals surface area (Å²) in [6.07, 6.45) is 3.50. The summed E-state index contributed by atoms with van der Waals surface area (Å²) in [7, 11) is 0. The largest absolute Gasteiger partial charge is 0.375 e. The minimum Gasteiger partial charge on any atom is -0.375 e. The Kier molecular flexibility index (Phi) is 6.65. The Morgan fingerprint density at radius 2 is 1.75 bits per heavy atom. The lowest BCUT2D eigenvalue weighted by molar-refractivity contribution is -0.114. The molecule has 4 N–H and O–H groups in total. The number of anilines is 3. The van der Waals surface area contributed by atoms with Crippen LogP contribution in [0.25, 0.3) is 0 Å². The Hall–Kier alpha value is -2.44. The fraction of sp³-hybridized carbons (Fsp3) is 0.300. The van der Waals surface area contributed by atoms with E-state index in [9.17, 15) is 9.59 Å². The molecule has 6 nitrogen and oxygen atoms in total. The van der Waals surface area contributed by atoms with Crippen LogP contribution in [0.1, 0.15) is 29.6 Å². The van der Waals surface area contributed by atoms with Gasteiger partial charge in [-0.25, -0.2) is 0 Å². The fourth-order valence-corrected chi connectivity index (χ4v) is 3.54. The lowest BCUT2D eigenvalue weighted by Gasteiger charge is -2.29. The molecule has 0 aromatic heterocycles. The van der Waals surface area contributed by atoms with E-state index in [-0.39, 0.29) is 12.5 Å². The molecule has 8 heteroatoms. The smallest absolute Gasteiger partial charge is 0.250 e. The molecular weight excluding hydrogens is 399 g/mol. The number of rotatable bonds is 6. The Morgan fingerprint density at radius 3 is 2.46 bits per heavy atom. The first-order chi connectivity index (χ1) is 13.4. The van der Waals surface area contributed by atoms with Crippen molar-refractivity contribution in [3.05, 3.63) is 52.0 Å². The second-order valence-electron chi connectivity index (χ2n) is 6.67. The maximum atomic E-state index is 12.2. The number of piperidine rings is 1. The molecule has 1 aliphatic rings. The molecule has 2 aromatic rings. The Labute approximate surface area is 174 Å². The summed E-state index contributed by atoms with van der Waals surface area (Å²) < 4.78 is 0. The molecule has 148 valence electrons. The van der Waals surface area contributed by atoms with Crippen molar-refractivity contribution >= 4 is 52.1 Å². The fourth-order valence-electron chi connectivity index (χ4n) is 3.20. The summed E-state index contributed by atoms with van der Waals surface area (Å²) in [5.41, 5.74) is 7.82. The van der Waals surface area contributed by atoms with E-state index in [1.165, 1.54) is 6.42 Å². The first-order valence-electron chi connectivity index (χ1n) is 9.11. The predicted octanol–water partition coefficient (Wildman–Crippen LogP) is 4.13. The Bertz CT molecular complexity index is 883. The SMILES string of the molecule is NC(=O)c1cc(N2CCCCC2)ccc1NCC(=O)Nc1cc(Cl)ccc1Cl. The second-order valence-corrected chi connectivity index (χ2v) is 7.51. The highest BCUT2D eigenvalue weighted by Crippen LogP contribution is 2.27. The highest BCUT2D eigenvalue weighted by Gasteiger charge is 2.16. The molecule has 0 spiro atoms. The van der Waals surface area contributed by atoms with Crippen molar-refractivity contribution in [2.45, 2.75) is 19.3 Å². The van der Waals surface area contributed by atoms with Gasteiger partial charge in [0.2, 0.25) is 5.91 Å². The molecule has 0 saturated carbocycles. The molecule has 0 unspecified atom stereocenters. The molecule has 0 atom stereocenters. The average molecular weight is 421 g/mol. The highest BCUT2D eigenvalue weighted by atomic mass is 35.5. The van der Waals surface area contributed by atoms with Crippen LogP contribution < -0.4 is 21.3 Å². The number of nitrogens with two attached hydrogens (primary N) is 1. The van der Waals surface area contributed by atoms with E-state index in [4.69, 9.17) is 28.9 Å². The van der Waals surface area contributed by atoms with Crippen LogP contribution in [0.5, 0.6) is 0 Å². The van der Waals surface area contributed by atoms with Crippen molar-refractivity contribution < 1.29 is 9.59 Å².